The van der Waals surface area contributed by atoms with Crippen LogP contribution in [0.4, 0.5) is 0 Å². The second-order valence-electron chi connectivity index (χ2n) is 23.0. The van der Waals surface area contributed by atoms with Gasteiger partial charge >= 0.3 is 0 Å². The molecule has 8 aliphatic rings. The molecule has 13 N–H and O–H groups in total. The van der Waals surface area contributed by atoms with Crippen LogP contribution in [0.25, 0.3) is 0 Å². The van der Waals surface area contributed by atoms with Gasteiger partial charge in [0.15, 0.2) is 31.5 Å². The molecule has 4 aliphatic heterocycles. The second-order valence-corrected chi connectivity index (χ2v) is 23.0. The maximum absolute atomic E-state index is 14.1. The van der Waals surface area contributed by atoms with Gasteiger partial charge in [-0.2, -0.15) is 0 Å². The Hall–Kier alpha value is -1.76. The van der Waals surface area contributed by atoms with Gasteiger partial charge in [0, 0.05) is 25.2 Å². The smallest absolute Gasteiger partial charge is 0.189 e. The van der Waals surface area contributed by atoms with Crippen LogP contribution < -0.4 is 0 Å². The van der Waals surface area contributed by atoms with Crippen molar-refractivity contribution in [2.45, 2.75) is 228 Å². The summed E-state index contributed by atoms with van der Waals surface area (Å²) in [5.41, 5.74) is 0.0677. The molecule has 28 unspecified atom stereocenters. The predicted molar refractivity (Wildman–Crippen MR) is 246 cm³/mol. The Morgan fingerprint density at radius 1 is 0.671 bits per heavy atom. The van der Waals surface area contributed by atoms with E-state index < -0.39 is 154 Å². The van der Waals surface area contributed by atoms with Gasteiger partial charge in [-0.25, -0.2) is 0 Å². The third-order valence-corrected chi connectivity index (χ3v) is 18.7. The third-order valence-electron chi connectivity index (χ3n) is 18.7. The lowest BCUT2D eigenvalue weighted by Crippen LogP contribution is -2.66. The molecule has 0 aromatic carbocycles. The molecule has 23 nitrogen and oxygen atoms in total. The molecule has 4 aliphatic carbocycles. The highest BCUT2D eigenvalue weighted by Gasteiger charge is 2.67. The molecule has 0 aromatic heterocycles. The number of carbonyl (C=O) groups is 2. The lowest BCUT2D eigenvalue weighted by molar-refractivity contribution is -0.397. The van der Waals surface area contributed by atoms with E-state index in [9.17, 15) is 76.0 Å². The van der Waals surface area contributed by atoms with Crippen LogP contribution in [0.5, 0.6) is 0 Å². The summed E-state index contributed by atoms with van der Waals surface area (Å²) in [5.74, 6) is -0.164. The molecule has 0 aromatic rings. The van der Waals surface area contributed by atoms with Gasteiger partial charge in [0.2, 0.25) is 0 Å². The zero-order valence-corrected chi connectivity index (χ0v) is 42.1. The first kappa shape index (κ1) is 57.4. The highest BCUT2D eigenvalue weighted by molar-refractivity contribution is 5.91. The van der Waals surface area contributed by atoms with Crippen molar-refractivity contribution in [3.05, 3.63) is 11.6 Å². The van der Waals surface area contributed by atoms with E-state index in [1.54, 1.807) is 0 Å². The molecule has 73 heavy (non-hydrogen) atoms. The molecule has 3 saturated carbocycles. The number of Topliss-reactive ketones (excluding diaryl/α,β-unsaturated/α-hetero) is 2. The first-order valence-corrected chi connectivity index (χ1v) is 26.0. The summed E-state index contributed by atoms with van der Waals surface area (Å²) in [4.78, 5) is 27.8. The minimum Gasteiger partial charge on any atom is -0.394 e. The molecule has 28 atom stereocenters. The summed E-state index contributed by atoms with van der Waals surface area (Å²) in [7, 11) is 0. The number of hydrogen-bond acceptors (Lipinski definition) is 23. The molecule has 4 heterocycles. The van der Waals surface area contributed by atoms with Gasteiger partial charge in [-0.3, -0.25) is 9.59 Å². The molecule has 0 bridgehead atoms. The van der Waals surface area contributed by atoms with E-state index in [0.29, 0.717) is 38.5 Å². The largest absolute Gasteiger partial charge is 0.394 e. The molecule has 0 amide bonds. The zero-order chi connectivity index (χ0) is 53.2. The van der Waals surface area contributed by atoms with Gasteiger partial charge in [-0.1, -0.05) is 39.3 Å². The van der Waals surface area contributed by atoms with Crippen molar-refractivity contribution in [2.75, 3.05) is 19.8 Å². The predicted octanol–water partition coefficient (Wildman–Crippen LogP) is -2.85. The van der Waals surface area contributed by atoms with Gasteiger partial charge in [0.1, 0.15) is 97.0 Å². The monoisotopic (exact) mass is 1050 g/mol. The van der Waals surface area contributed by atoms with Crippen LogP contribution in [-0.2, 0) is 47.5 Å². The fourth-order valence-electron chi connectivity index (χ4n) is 13.7. The Balaban J connectivity index is 0.919. The van der Waals surface area contributed by atoms with Crippen molar-refractivity contribution in [1.82, 2.24) is 0 Å². The van der Waals surface area contributed by atoms with Crippen LogP contribution in [0.2, 0.25) is 0 Å². The maximum Gasteiger partial charge on any atom is 0.189 e. The number of allylic oxidation sites excluding steroid dienone is 1. The molecule has 7 fully saturated rings. The van der Waals surface area contributed by atoms with Crippen LogP contribution in [0, 0.1) is 39.9 Å². The van der Waals surface area contributed by atoms with Crippen LogP contribution in [0.15, 0.2) is 11.6 Å². The maximum atomic E-state index is 14.1. The van der Waals surface area contributed by atoms with E-state index in [1.807, 2.05) is 6.92 Å². The van der Waals surface area contributed by atoms with Crippen molar-refractivity contribution < 1.29 is 114 Å². The van der Waals surface area contributed by atoms with Crippen LogP contribution in [0.3, 0.4) is 0 Å². The summed E-state index contributed by atoms with van der Waals surface area (Å²) >= 11 is 0. The number of aliphatic hydroxyl groups is 13. The summed E-state index contributed by atoms with van der Waals surface area (Å²) in [6.45, 7) is 8.69. The normalized spacial score (nSPS) is 51.6. The first-order valence-electron chi connectivity index (χ1n) is 26.0. The highest BCUT2D eigenvalue weighted by atomic mass is 16.8. The van der Waals surface area contributed by atoms with Gasteiger partial charge < -0.3 is 104 Å². The van der Waals surface area contributed by atoms with Gasteiger partial charge in [0.05, 0.1) is 32.0 Å². The number of carbonyl (C=O) groups excluding carboxylic acids is 2. The summed E-state index contributed by atoms with van der Waals surface area (Å²) in [6, 6.07) is 0. The van der Waals surface area contributed by atoms with E-state index in [2.05, 4.69) is 26.8 Å². The second kappa shape index (κ2) is 22.5. The topological polar surface area (TPSA) is 371 Å². The Morgan fingerprint density at radius 3 is 1.97 bits per heavy atom. The van der Waals surface area contributed by atoms with Crippen molar-refractivity contribution in [2.24, 2.45) is 39.9 Å². The SMILES string of the molecule is CC(CCC(=O)CC1C(=O)CC2(C)C3CC=C4CC(OC5OC(CO)C(OC6OC(O)C(O)C(O)C6O)C(O)C5OC5OC(C)C(O)C(O)C5O)CCC4(C)C3CCC12C)COC1OC(CO)C(O)C(O)C1O. The minimum absolute atomic E-state index is 0.0250. The van der Waals surface area contributed by atoms with Crippen molar-refractivity contribution >= 4 is 11.6 Å². The van der Waals surface area contributed by atoms with E-state index in [0.717, 1.165) is 18.4 Å². The molecule has 4 saturated heterocycles. The number of hydrogen-bond donors (Lipinski definition) is 13. The minimum atomic E-state index is -1.99. The number of rotatable bonds is 16. The van der Waals surface area contributed by atoms with Crippen molar-refractivity contribution in [3.8, 4) is 0 Å². The number of aliphatic hydroxyl groups excluding tert-OH is 13. The molecular weight excluding hydrogens is 969 g/mol. The molecule has 8 rings (SSSR count). The Morgan fingerprint density at radius 2 is 1.29 bits per heavy atom. The standard InChI is InChI=1S/C50H80O23/c1-20(19-66-44-37(61)34(58)32(56)29(17-51)69-44)6-8-23(53)15-27-28(54)16-50(5)26-9-7-22-14-24(10-12-48(22,3)25(26)11-13-49(27,50)4)68-47-42(72-45-38(62)33(57)31(55)21(2)67-45)40(64)41(30(18-52)70-47)71-46-39(63)35(59)36(60)43(65)73-46/h7,20-21,24-27,29-47,51-52,55-65H,6,8-19H2,1-5H3. The molecule has 418 valence electrons. The van der Waals surface area contributed by atoms with E-state index in [1.165, 1.54) is 6.92 Å². The zero-order valence-electron chi connectivity index (χ0n) is 42.1. The summed E-state index contributed by atoms with van der Waals surface area (Å²) in [6.07, 6.45) is -25.2. The molecule has 0 spiro atoms. The van der Waals surface area contributed by atoms with Crippen molar-refractivity contribution in [3.63, 3.8) is 0 Å². The lowest BCUT2D eigenvalue weighted by Gasteiger charge is -2.62. The quantitative estimate of drug-likeness (QED) is 0.0692. The third kappa shape index (κ3) is 10.7. The average molecular weight is 1050 g/mol. The average Bonchev–Trinajstić information content (AvgIpc) is 3.56. The summed E-state index contributed by atoms with van der Waals surface area (Å²) in [5, 5.41) is 136. The van der Waals surface area contributed by atoms with Crippen LogP contribution in [0.1, 0.15) is 98.8 Å². The van der Waals surface area contributed by atoms with Gasteiger partial charge in [0.25, 0.3) is 0 Å². The van der Waals surface area contributed by atoms with E-state index in [4.69, 9.17) is 37.9 Å². The first-order chi connectivity index (χ1) is 34.4. The Labute approximate surface area is 423 Å². The van der Waals surface area contributed by atoms with Crippen LogP contribution >= 0.6 is 0 Å². The Kier molecular flexibility index (Phi) is 17.7. The van der Waals surface area contributed by atoms with Crippen molar-refractivity contribution in [1.29, 1.82) is 0 Å². The van der Waals surface area contributed by atoms with Gasteiger partial charge in [-0.05, 0) is 85.9 Å². The number of ketones is 2. The lowest BCUT2D eigenvalue weighted by atomic mass is 9.42. The van der Waals surface area contributed by atoms with E-state index >= 15 is 0 Å². The molecule has 23 heteroatoms. The highest BCUT2D eigenvalue weighted by Crippen LogP contribution is 2.71. The van der Waals surface area contributed by atoms with Crippen LogP contribution in [-0.4, -0.2) is 227 Å². The van der Waals surface area contributed by atoms with Gasteiger partial charge in [-0.15, -0.1) is 0 Å². The fraction of sp³-hybridized carbons (Fsp3) is 0.920. The Bertz CT molecular complexity index is 1940. The number of ether oxygens (including phenoxy) is 8. The molecule has 0 radical (unpaired) electrons. The van der Waals surface area contributed by atoms with E-state index in [-0.39, 0.29) is 59.6 Å². The molecular formula is C50H80O23. The summed E-state index contributed by atoms with van der Waals surface area (Å²) < 4.78 is 46.8. The number of fused-ring (bicyclic) bond motifs is 5. The fourth-order valence-corrected chi connectivity index (χ4v) is 13.7.